The Kier molecular flexibility index (Phi) is 12.3. The van der Waals surface area contributed by atoms with Crippen LogP contribution >= 0.6 is 24.0 Å². The number of carbonyl (C=O) groups excluding carboxylic acids is 1. The van der Waals surface area contributed by atoms with Gasteiger partial charge in [-0.3, -0.25) is 9.79 Å². The predicted molar refractivity (Wildman–Crippen MR) is 117 cm³/mol. The Hall–Kier alpha value is -1.31. The molecule has 1 unspecified atom stereocenters. The lowest BCUT2D eigenvalue weighted by molar-refractivity contribution is 0.0939. The number of guanidine groups is 1. The zero-order valence-electron chi connectivity index (χ0n) is 16.1. The highest BCUT2D eigenvalue weighted by Gasteiger charge is 2.10. The van der Waals surface area contributed by atoms with Gasteiger partial charge < -0.3 is 15.5 Å². The van der Waals surface area contributed by atoms with E-state index in [4.69, 9.17) is 0 Å². The van der Waals surface area contributed by atoms with Crippen molar-refractivity contribution in [3.63, 3.8) is 0 Å². The molecule has 0 aromatic heterocycles. The molecule has 0 aliphatic rings. The van der Waals surface area contributed by atoms with Crippen molar-refractivity contribution in [2.45, 2.75) is 52.6 Å². The molecule has 5 nitrogen and oxygen atoms in total. The van der Waals surface area contributed by atoms with Crippen LogP contribution in [0.1, 0.15) is 56.0 Å². The van der Waals surface area contributed by atoms with Gasteiger partial charge in [-0.2, -0.15) is 0 Å². The van der Waals surface area contributed by atoms with Gasteiger partial charge in [-0.05, 0) is 37.5 Å². The van der Waals surface area contributed by atoms with Gasteiger partial charge in [0.25, 0.3) is 5.91 Å². The topological polar surface area (TPSA) is 56.7 Å². The molecule has 1 atom stereocenters. The molecule has 0 heterocycles. The molecule has 25 heavy (non-hydrogen) atoms. The van der Waals surface area contributed by atoms with Crippen molar-refractivity contribution in [2.24, 2.45) is 4.99 Å². The summed E-state index contributed by atoms with van der Waals surface area (Å²) in [5.41, 5.74) is 1.76. The fourth-order valence-electron chi connectivity index (χ4n) is 2.30. The molecule has 0 fully saturated rings. The Bertz CT molecular complexity index is 548. The Morgan fingerprint density at radius 2 is 2.04 bits per heavy atom. The zero-order chi connectivity index (χ0) is 17.9. The number of amides is 1. The second-order valence-electron chi connectivity index (χ2n) is 6.16. The lowest BCUT2D eigenvalue weighted by Gasteiger charge is -2.22. The Labute approximate surface area is 169 Å². The van der Waals surface area contributed by atoms with E-state index in [0.29, 0.717) is 12.1 Å². The van der Waals surface area contributed by atoms with Crippen molar-refractivity contribution in [1.82, 2.24) is 15.5 Å². The Morgan fingerprint density at radius 1 is 1.32 bits per heavy atom. The van der Waals surface area contributed by atoms with Gasteiger partial charge in [-0.25, -0.2) is 0 Å². The highest BCUT2D eigenvalue weighted by atomic mass is 127. The van der Waals surface area contributed by atoms with E-state index in [2.05, 4.69) is 34.4 Å². The van der Waals surface area contributed by atoms with Crippen LogP contribution in [0, 0.1) is 0 Å². The predicted octanol–water partition coefficient (Wildman–Crippen LogP) is 3.64. The van der Waals surface area contributed by atoms with Crippen LogP contribution in [0.15, 0.2) is 29.3 Å². The second kappa shape index (κ2) is 13.0. The van der Waals surface area contributed by atoms with E-state index in [-0.39, 0.29) is 35.9 Å². The number of carbonyl (C=O) groups is 1. The maximum Gasteiger partial charge on any atom is 0.251 e. The van der Waals surface area contributed by atoms with Crippen molar-refractivity contribution >= 4 is 35.8 Å². The smallest absolute Gasteiger partial charge is 0.251 e. The third-order valence-electron chi connectivity index (χ3n) is 4.05. The third-order valence-corrected chi connectivity index (χ3v) is 4.05. The lowest BCUT2D eigenvalue weighted by Crippen LogP contribution is -2.39. The standard InChI is InChI=1S/C19H32N4O.HI/c1-6-8-12-23(5)19(20-4)21-14-16-10-9-11-17(13-16)18(24)22-15(3)7-2;/h9-11,13,15H,6-8,12,14H2,1-5H3,(H,20,21)(H,22,24);1H. The molecule has 1 aromatic rings. The first-order chi connectivity index (χ1) is 11.5. The molecule has 0 radical (unpaired) electrons. The van der Waals surface area contributed by atoms with Crippen molar-refractivity contribution in [3.05, 3.63) is 35.4 Å². The summed E-state index contributed by atoms with van der Waals surface area (Å²) in [6.07, 6.45) is 3.23. The quantitative estimate of drug-likeness (QED) is 0.354. The van der Waals surface area contributed by atoms with E-state index < -0.39 is 0 Å². The summed E-state index contributed by atoms with van der Waals surface area (Å²) in [5, 5.41) is 6.36. The average molecular weight is 460 g/mol. The average Bonchev–Trinajstić information content (AvgIpc) is 2.60. The van der Waals surface area contributed by atoms with Crippen LogP contribution in [0.4, 0.5) is 0 Å². The zero-order valence-corrected chi connectivity index (χ0v) is 18.5. The molecule has 1 amide bonds. The number of hydrogen-bond donors (Lipinski definition) is 2. The van der Waals surface area contributed by atoms with Gasteiger partial charge >= 0.3 is 0 Å². The molecule has 0 saturated heterocycles. The summed E-state index contributed by atoms with van der Waals surface area (Å²) in [5.74, 6) is 0.855. The van der Waals surface area contributed by atoms with Crippen molar-refractivity contribution < 1.29 is 4.79 Å². The van der Waals surface area contributed by atoms with Crippen LogP contribution in [0.3, 0.4) is 0 Å². The first kappa shape index (κ1) is 23.7. The van der Waals surface area contributed by atoms with Crippen LogP contribution in [-0.4, -0.2) is 43.4 Å². The molecule has 0 saturated carbocycles. The van der Waals surface area contributed by atoms with Gasteiger partial charge in [0.2, 0.25) is 0 Å². The maximum atomic E-state index is 12.2. The minimum atomic E-state index is -0.0179. The van der Waals surface area contributed by atoms with Crippen LogP contribution in [0.5, 0.6) is 0 Å². The molecule has 142 valence electrons. The van der Waals surface area contributed by atoms with Crippen LogP contribution < -0.4 is 10.6 Å². The number of unbranched alkanes of at least 4 members (excludes halogenated alkanes) is 1. The van der Waals surface area contributed by atoms with E-state index in [1.54, 1.807) is 7.05 Å². The number of nitrogens with zero attached hydrogens (tertiary/aromatic N) is 2. The van der Waals surface area contributed by atoms with Crippen molar-refractivity contribution in [1.29, 1.82) is 0 Å². The third kappa shape index (κ3) is 8.56. The first-order valence-corrected chi connectivity index (χ1v) is 8.83. The van der Waals surface area contributed by atoms with Crippen LogP contribution in [-0.2, 0) is 6.54 Å². The molecule has 0 spiro atoms. The minimum absolute atomic E-state index is 0. The van der Waals surface area contributed by atoms with Gasteiger partial charge in [-0.15, -0.1) is 24.0 Å². The van der Waals surface area contributed by atoms with Crippen LogP contribution in [0.2, 0.25) is 0 Å². The summed E-state index contributed by atoms with van der Waals surface area (Å²) in [4.78, 5) is 18.7. The van der Waals surface area contributed by atoms with Gasteiger partial charge in [0.05, 0.1) is 0 Å². The molecular weight excluding hydrogens is 427 g/mol. The number of halogens is 1. The number of nitrogens with one attached hydrogen (secondary N) is 2. The largest absolute Gasteiger partial charge is 0.352 e. The summed E-state index contributed by atoms with van der Waals surface area (Å²) >= 11 is 0. The summed E-state index contributed by atoms with van der Waals surface area (Å²) < 4.78 is 0. The fraction of sp³-hybridized carbons (Fsp3) is 0.579. The minimum Gasteiger partial charge on any atom is -0.352 e. The SMILES string of the molecule is CCCCN(C)C(=NC)NCc1cccc(C(=O)NC(C)CC)c1.I. The number of benzene rings is 1. The second-order valence-corrected chi connectivity index (χ2v) is 6.16. The molecule has 6 heteroatoms. The number of rotatable bonds is 8. The van der Waals surface area contributed by atoms with Crippen molar-refractivity contribution in [3.8, 4) is 0 Å². The van der Waals surface area contributed by atoms with Gasteiger partial charge in [-0.1, -0.05) is 32.4 Å². The summed E-state index contributed by atoms with van der Waals surface area (Å²) in [6, 6.07) is 7.91. The molecule has 0 aliphatic carbocycles. The summed E-state index contributed by atoms with van der Waals surface area (Å²) in [7, 11) is 3.84. The molecular formula is C19H33IN4O. The van der Waals surface area contributed by atoms with E-state index in [1.807, 2.05) is 38.2 Å². The molecule has 1 rings (SSSR count). The van der Waals surface area contributed by atoms with E-state index in [9.17, 15) is 4.79 Å². The monoisotopic (exact) mass is 460 g/mol. The maximum absolute atomic E-state index is 12.2. The highest BCUT2D eigenvalue weighted by Crippen LogP contribution is 2.06. The van der Waals surface area contributed by atoms with Gasteiger partial charge in [0, 0.05) is 38.8 Å². The number of hydrogen-bond acceptors (Lipinski definition) is 2. The molecule has 1 aromatic carbocycles. The lowest BCUT2D eigenvalue weighted by atomic mass is 10.1. The molecule has 0 bridgehead atoms. The molecule has 2 N–H and O–H groups in total. The first-order valence-electron chi connectivity index (χ1n) is 8.83. The van der Waals surface area contributed by atoms with E-state index in [1.165, 1.54) is 0 Å². The Balaban J connectivity index is 0.00000576. The highest BCUT2D eigenvalue weighted by molar-refractivity contribution is 14.0. The summed E-state index contributed by atoms with van der Waals surface area (Å²) in [6.45, 7) is 7.88. The van der Waals surface area contributed by atoms with Crippen LogP contribution in [0.25, 0.3) is 0 Å². The molecule has 0 aliphatic heterocycles. The fourth-order valence-corrected chi connectivity index (χ4v) is 2.30. The van der Waals surface area contributed by atoms with Gasteiger partial charge in [0.1, 0.15) is 0 Å². The Morgan fingerprint density at radius 3 is 2.64 bits per heavy atom. The van der Waals surface area contributed by atoms with E-state index in [0.717, 1.165) is 37.3 Å². The normalized spacial score (nSPS) is 12.1. The van der Waals surface area contributed by atoms with E-state index >= 15 is 0 Å². The number of aliphatic imine (C=N–C) groups is 1. The van der Waals surface area contributed by atoms with Gasteiger partial charge in [0.15, 0.2) is 5.96 Å². The van der Waals surface area contributed by atoms with Crippen molar-refractivity contribution in [2.75, 3.05) is 20.6 Å².